The van der Waals surface area contributed by atoms with Crippen molar-refractivity contribution < 1.29 is 57.7 Å². The summed E-state index contributed by atoms with van der Waals surface area (Å²) in [5, 5.41) is 80.1. The van der Waals surface area contributed by atoms with E-state index in [1.165, 1.54) is 12.3 Å². The van der Waals surface area contributed by atoms with E-state index in [1.54, 1.807) is 0 Å². The highest BCUT2D eigenvalue weighted by Gasteiger charge is 2.51. The van der Waals surface area contributed by atoms with Gasteiger partial charge in [0.2, 0.25) is 0 Å². The minimum Gasteiger partial charge on any atom is -0.394 e. The summed E-state index contributed by atoms with van der Waals surface area (Å²) in [4.78, 5) is 3.93. The van der Waals surface area contributed by atoms with E-state index in [2.05, 4.69) is 25.6 Å². The number of hydrogen-bond donors (Lipinski definition) is 6. The monoisotopic (exact) mass is 685 g/mol. The van der Waals surface area contributed by atoms with Crippen molar-refractivity contribution in [1.29, 1.82) is 0 Å². The van der Waals surface area contributed by atoms with Gasteiger partial charge in [0, 0.05) is 5.56 Å². The Bertz CT molecular complexity index is 1680. The van der Waals surface area contributed by atoms with Crippen molar-refractivity contribution in [3.8, 4) is 22.6 Å². The summed E-state index contributed by atoms with van der Waals surface area (Å²) in [6.07, 6.45) is -5.43. The van der Waals surface area contributed by atoms with Gasteiger partial charge >= 0.3 is 0 Å². The van der Waals surface area contributed by atoms with Crippen LogP contribution in [0.15, 0.2) is 42.9 Å². The fraction of sp³-hybridized carbons (Fsp3) is 0.444. The zero-order chi connectivity index (χ0) is 33.6. The Balaban J connectivity index is 1.25. The van der Waals surface area contributed by atoms with Crippen LogP contribution in [0.5, 0.6) is 0 Å². The largest absolute Gasteiger partial charge is 0.394 e. The van der Waals surface area contributed by atoms with E-state index in [-0.39, 0.29) is 22.6 Å². The lowest BCUT2D eigenvalue weighted by Crippen LogP contribution is -2.58. The summed E-state index contributed by atoms with van der Waals surface area (Å²) in [5.41, 5.74) is -2.54. The van der Waals surface area contributed by atoms with Crippen LogP contribution in [0.3, 0.4) is 0 Å². The molecule has 3 aromatic heterocycles. The van der Waals surface area contributed by atoms with E-state index in [1.807, 2.05) is 0 Å². The van der Waals surface area contributed by atoms with Gasteiger partial charge in [0.15, 0.2) is 17.5 Å². The molecule has 15 nitrogen and oxygen atoms in total. The first-order chi connectivity index (χ1) is 22.5. The summed E-state index contributed by atoms with van der Waals surface area (Å²) in [5.74, 6) is -5.19. The van der Waals surface area contributed by atoms with Crippen molar-refractivity contribution in [2.75, 3.05) is 13.2 Å². The number of hydrogen-bond acceptors (Lipinski definition) is 14. The van der Waals surface area contributed by atoms with Crippen LogP contribution in [0, 0.1) is 23.3 Å². The highest BCUT2D eigenvalue weighted by molar-refractivity contribution is 8.00. The minimum absolute atomic E-state index is 0.130. The number of ether oxygens (including phenoxy) is 2. The van der Waals surface area contributed by atoms with E-state index in [4.69, 9.17) is 9.47 Å². The Morgan fingerprint density at radius 1 is 0.702 bits per heavy atom. The summed E-state index contributed by atoms with van der Waals surface area (Å²) >= 11 is 0.704. The van der Waals surface area contributed by atoms with Crippen LogP contribution >= 0.6 is 11.8 Å². The number of aliphatic hydroxyl groups excluding tert-OH is 6. The van der Waals surface area contributed by atoms with Crippen LogP contribution in [0.1, 0.15) is 12.1 Å². The quantitative estimate of drug-likeness (QED) is 0.102. The molecule has 5 unspecified atom stereocenters. The van der Waals surface area contributed by atoms with Gasteiger partial charge in [-0.05, 0) is 24.3 Å². The third-order valence-electron chi connectivity index (χ3n) is 7.87. The molecule has 47 heavy (non-hydrogen) atoms. The lowest BCUT2D eigenvalue weighted by Gasteiger charge is -2.46. The van der Waals surface area contributed by atoms with E-state index >= 15 is 0 Å². The van der Waals surface area contributed by atoms with Crippen LogP contribution in [-0.2, 0) is 9.47 Å². The maximum atomic E-state index is 13.8. The SMILES string of the molecule is OCC1O[C@@H](SC2O[C@H](CO)C(O)C(n3cc(-c4ccc(F)cn4)nn3)[C@H]2O)[C@@H](O)C(n2cc(-c3cc(F)c(F)c(F)c3)nn2)[C@H]1O. The fourth-order valence-electron chi connectivity index (χ4n) is 5.44. The van der Waals surface area contributed by atoms with Gasteiger partial charge in [-0.2, -0.15) is 0 Å². The van der Waals surface area contributed by atoms with Crippen LogP contribution < -0.4 is 0 Å². The number of aromatic nitrogens is 7. The number of nitrogens with zero attached hydrogens (tertiary/aromatic N) is 7. The highest BCUT2D eigenvalue weighted by atomic mass is 32.2. The molecule has 2 saturated heterocycles. The summed E-state index contributed by atoms with van der Waals surface area (Å²) in [6, 6.07) is 1.27. The van der Waals surface area contributed by atoms with Crippen LogP contribution in [0.2, 0.25) is 0 Å². The number of pyridine rings is 1. The van der Waals surface area contributed by atoms with Crippen molar-refractivity contribution in [1.82, 2.24) is 35.0 Å². The summed E-state index contributed by atoms with van der Waals surface area (Å²) < 4.78 is 68.1. The Morgan fingerprint density at radius 2 is 1.21 bits per heavy atom. The maximum Gasteiger partial charge on any atom is 0.194 e. The van der Waals surface area contributed by atoms with Gasteiger partial charge in [0.25, 0.3) is 0 Å². The molecule has 0 bridgehead atoms. The third kappa shape index (κ3) is 6.35. The first kappa shape index (κ1) is 33.3. The standard InChI is InChI=1S/C27H27F4N7O8S/c28-11-1-2-14(32-5-11)16-7-38(36-34-16)21-23(42)18(9-40)46-27(25(21)44)47-26-24(43)20(22(41)17(8-39)45-26)37-6-15(33-35-37)10-3-12(29)19(31)13(30)4-10/h1-7,17-18,20-27,39-44H,8-9H2/t17?,18-,20?,21?,22+,23?,24+,25-,26+,27?/m1/s1. The Labute approximate surface area is 266 Å². The lowest BCUT2D eigenvalue weighted by atomic mass is 9.97. The molecule has 0 aliphatic carbocycles. The summed E-state index contributed by atoms with van der Waals surface area (Å²) in [7, 11) is 0. The average Bonchev–Trinajstić information content (AvgIpc) is 3.74. The van der Waals surface area contributed by atoms with Crippen molar-refractivity contribution in [3.05, 3.63) is 66.1 Å². The van der Waals surface area contributed by atoms with Gasteiger partial charge in [0.05, 0.1) is 37.5 Å². The van der Waals surface area contributed by atoms with Crippen molar-refractivity contribution >= 4 is 11.8 Å². The highest BCUT2D eigenvalue weighted by Crippen LogP contribution is 2.42. The predicted molar refractivity (Wildman–Crippen MR) is 150 cm³/mol. The molecule has 6 N–H and O–H groups in total. The fourth-order valence-corrected chi connectivity index (χ4v) is 6.77. The molecule has 2 fully saturated rings. The summed E-state index contributed by atoms with van der Waals surface area (Å²) in [6.45, 7) is -1.42. The molecule has 252 valence electrons. The van der Waals surface area contributed by atoms with Gasteiger partial charge in [-0.1, -0.05) is 22.2 Å². The molecule has 10 atom stereocenters. The smallest absolute Gasteiger partial charge is 0.194 e. The first-order valence-electron chi connectivity index (χ1n) is 14.0. The number of thioether (sulfide) groups is 1. The molecule has 20 heteroatoms. The molecule has 6 rings (SSSR count). The Morgan fingerprint density at radius 3 is 1.70 bits per heavy atom. The number of aliphatic hydroxyl groups is 6. The second-order valence-electron chi connectivity index (χ2n) is 10.8. The van der Waals surface area contributed by atoms with Gasteiger partial charge in [-0.3, -0.25) is 4.98 Å². The van der Waals surface area contributed by atoms with E-state index in [0.29, 0.717) is 23.9 Å². The normalized spacial score (nSPS) is 31.3. The van der Waals surface area contributed by atoms with Gasteiger partial charge < -0.3 is 40.1 Å². The van der Waals surface area contributed by atoms with E-state index < -0.39 is 96.1 Å². The molecule has 4 aromatic rings. The van der Waals surface area contributed by atoms with Crippen LogP contribution in [0.4, 0.5) is 17.6 Å². The molecule has 0 saturated carbocycles. The second kappa shape index (κ2) is 13.5. The van der Waals surface area contributed by atoms with Crippen molar-refractivity contribution in [2.45, 2.75) is 59.6 Å². The second-order valence-corrected chi connectivity index (χ2v) is 12.0. The third-order valence-corrected chi connectivity index (χ3v) is 9.18. The van der Waals surface area contributed by atoms with Crippen LogP contribution in [-0.4, -0.2) is 126 Å². The minimum atomic E-state index is -1.68. The van der Waals surface area contributed by atoms with E-state index in [0.717, 1.165) is 27.8 Å². The molecule has 5 heterocycles. The molecular formula is C27H27F4N7O8S. The van der Waals surface area contributed by atoms with Crippen molar-refractivity contribution in [2.24, 2.45) is 0 Å². The molecule has 2 aliphatic rings. The average molecular weight is 686 g/mol. The van der Waals surface area contributed by atoms with Crippen molar-refractivity contribution in [3.63, 3.8) is 0 Å². The Kier molecular flexibility index (Phi) is 9.56. The van der Waals surface area contributed by atoms with Gasteiger partial charge in [-0.15, -0.1) is 10.2 Å². The maximum absolute atomic E-state index is 13.8. The first-order valence-corrected chi connectivity index (χ1v) is 15.0. The van der Waals surface area contributed by atoms with Gasteiger partial charge in [0.1, 0.15) is 76.8 Å². The van der Waals surface area contributed by atoms with Crippen LogP contribution in [0.25, 0.3) is 22.6 Å². The number of rotatable bonds is 8. The molecule has 0 amide bonds. The zero-order valence-corrected chi connectivity index (χ0v) is 24.6. The molecule has 1 aromatic carbocycles. The van der Waals surface area contributed by atoms with Gasteiger partial charge in [-0.25, -0.2) is 26.9 Å². The molecular weight excluding hydrogens is 658 g/mol. The zero-order valence-electron chi connectivity index (χ0n) is 23.8. The predicted octanol–water partition coefficient (Wildman–Crippen LogP) is -0.451. The molecule has 0 radical (unpaired) electrons. The number of halogens is 4. The van der Waals surface area contributed by atoms with E-state index in [9.17, 15) is 48.2 Å². The Hall–Kier alpha value is -3.60. The molecule has 2 aliphatic heterocycles. The number of benzene rings is 1. The molecule has 0 spiro atoms. The lowest BCUT2D eigenvalue weighted by molar-refractivity contribution is -0.189. The topological polar surface area (TPSA) is 214 Å².